The maximum absolute atomic E-state index is 7.21. The maximum atomic E-state index is 7.21. The van der Waals surface area contributed by atoms with Crippen molar-refractivity contribution in [3.8, 4) is 5.69 Å². The number of hydrogen-bond donors (Lipinski definition) is 2. The molecule has 1 aromatic carbocycles. The van der Waals surface area contributed by atoms with Crippen LogP contribution in [0.3, 0.4) is 0 Å². The molecule has 3 N–H and O–H groups in total. The monoisotopic (exact) mass is 214 g/mol. The summed E-state index contributed by atoms with van der Waals surface area (Å²) < 4.78 is 1.94. The van der Waals surface area contributed by atoms with Crippen LogP contribution >= 0.6 is 0 Å². The Labute approximate surface area is 94.2 Å². The summed E-state index contributed by atoms with van der Waals surface area (Å²) in [5.41, 5.74) is 8.42. The highest BCUT2D eigenvalue weighted by Gasteiger charge is 2.02. The van der Waals surface area contributed by atoms with E-state index in [1.165, 1.54) is 5.56 Å². The molecule has 0 aliphatic heterocycles. The lowest BCUT2D eigenvalue weighted by molar-refractivity contribution is 1.05. The average Bonchev–Trinajstić information content (AvgIpc) is 2.65. The molecule has 0 unspecified atom stereocenters. The van der Waals surface area contributed by atoms with E-state index in [2.05, 4.69) is 24.0 Å². The topological polar surface area (TPSA) is 67.7 Å². The third-order valence-electron chi connectivity index (χ3n) is 2.31. The highest BCUT2D eigenvalue weighted by atomic mass is 15.0. The van der Waals surface area contributed by atoms with Gasteiger partial charge < -0.3 is 10.3 Å². The molecule has 1 heterocycles. The highest BCUT2D eigenvalue weighted by molar-refractivity contribution is 5.78. The molecule has 0 aliphatic carbocycles. The summed E-state index contributed by atoms with van der Waals surface area (Å²) in [5.74, 6) is 0.134. The summed E-state index contributed by atoms with van der Waals surface area (Å²) in [6.07, 6.45) is 4.04. The Morgan fingerprint density at radius 3 is 3.00 bits per heavy atom. The van der Waals surface area contributed by atoms with E-state index in [1.807, 2.05) is 22.9 Å². The number of aromatic nitrogens is 2. The van der Waals surface area contributed by atoms with E-state index in [9.17, 15) is 0 Å². The van der Waals surface area contributed by atoms with Crippen molar-refractivity contribution in [1.82, 2.24) is 9.55 Å². The summed E-state index contributed by atoms with van der Waals surface area (Å²) in [5, 5.41) is 7.21. The fourth-order valence-electron chi connectivity index (χ4n) is 1.58. The SMILES string of the molecule is Cc1cccc(-n2cnc(CC(=N)N)c2)c1. The van der Waals surface area contributed by atoms with Crippen LogP contribution in [0.2, 0.25) is 0 Å². The van der Waals surface area contributed by atoms with Gasteiger partial charge in [0.2, 0.25) is 0 Å². The van der Waals surface area contributed by atoms with Crippen molar-refractivity contribution >= 4 is 5.84 Å². The molecule has 1 aromatic heterocycles. The van der Waals surface area contributed by atoms with Crippen molar-refractivity contribution in [2.45, 2.75) is 13.3 Å². The van der Waals surface area contributed by atoms with Gasteiger partial charge >= 0.3 is 0 Å². The molecule has 0 fully saturated rings. The van der Waals surface area contributed by atoms with Gasteiger partial charge in [-0.15, -0.1) is 0 Å². The molecule has 0 spiro atoms. The van der Waals surface area contributed by atoms with Crippen molar-refractivity contribution < 1.29 is 0 Å². The van der Waals surface area contributed by atoms with Gasteiger partial charge in [0.15, 0.2) is 0 Å². The molecule has 0 aliphatic rings. The Hall–Kier alpha value is -2.10. The van der Waals surface area contributed by atoms with Gasteiger partial charge in [0.1, 0.15) is 0 Å². The lowest BCUT2D eigenvalue weighted by Gasteiger charge is -2.02. The molecule has 2 aromatic rings. The van der Waals surface area contributed by atoms with Crippen LogP contribution in [0.4, 0.5) is 0 Å². The fourth-order valence-corrected chi connectivity index (χ4v) is 1.58. The van der Waals surface area contributed by atoms with E-state index in [1.54, 1.807) is 6.33 Å². The minimum atomic E-state index is 0.134. The normalized spacial score (nSPS) is 10.3. The van der Waals surface area contributed by atoms with Gasteiger partial charge in [-0.05, 0) is 24.6 Å². The summed E-state index contributed by atoms with van der Waals surface area (Å²) in [7, 11) is 0. The number of hydrogen-bond acceptors (Lipinski definition) is 2. The average molecular weight is 214 g/mol. The number of benzene rings is 1. The number of rotatable bonds is 3. The second-order valence-electron chi connectivity index (χ2n) is 3.81. The van der Waals surface area contributed by atoms with Crippen LogP contribution in [0.25, 0.3) is 5.69 Å². The first-order valence-electron chi connectivity index (χ1n) is 5.08. The van der Waals surface area contributed by atoms with E-state index in [0.717, 1.165) is 11.4 Å². The van der Waals surface area contributed by atoms with Gasteiger partial charge in [0.25, 0.3) is 0 Å². The smallest absolute Gasteiger partial charge is 0.0995 e. The van der Waals surface area contributed by atoms with E-state index < -0.39 is 0 Å². The van der Waals surface area contributed by atoms with Gasteiger partial charge in [-0.3, -0.25) is 5.41 Å². The van der Waals surface area contributed by atoms with E-state index in [-0.39, 0.29) is 5.84 Å². The van der Waals surface area contributed by atoms with E-state index in [0.29, 0.717) is 6.42 Å². The summed E-state index contributed by atoms with van der Waals surface area (Å²) >= 11 is 0. The van der Waals surface area contributed by atoms with E-state index in [4.69, 9.17) is 11.1 Å². The second kappa shape index (κ2) is 4.18. The molecule has 0 atom stereocenters. The predicted molar refractivity (Wildman–Crippen MR) is 63.9 cm³/mol. The minimum Gasteiger partial charge on any atom is -0.387 e. The zero-order valence-corrected chi connectivity index (χ0v) is 9.14. The van der Waals surface area contributed by atoms with Crippen molar-refractivity contribution in [2.24, 2.45) is 5.73 Å². The van der Waals surface area contributed by atoms with Crippen LogP contribution in [0, 0.1) is 12.3 Å². The van der Waals surface area contributed by atoms with Crippen molar-refractivity contribution in [3.63, 3.8) is 0 Å². The van der Waals surface area contributed by atoms with Gasteiger partial charge in [-0.1, -0.05) is 12.1 Å². The van der Waals surface area contributed by atoms with Crippen LogP contribution in [0.15, 0.2) is 36.8 Å². The number of nitrogens with one attached hydrogen (secondary N) is 1. The zero-order valence-electron chi connectivity index (χ0n) is 9.14. The first-order chi connectivity index (χ1) is 7.65. The number of nitrogens with zero attached hydrogens (tertiary/aromatic N) is 2. The second-order valence-corrected chi connectivity index (χ2v) is 3.81. The molecule has 4 heteroatoms. The number of aryl methyl sites for hydroxylation is 1. The molecule has 4 nitrogen and oxygen atoms in total. The predicted octanol–water partition coefficient (Wildman–Crippen LogP) is 1.66. The van der Waals surface area contributed by atoms with Crippen LogP contribution in [-0.2, 0) is 6.42 Å². The van der Waals surface area contributed by atoms with Gasteiger partial charge in [0.05, 0.1) is 17.9 Å². The first kappa shape index (κ1) is 10.4. The van der Waals surface area contributed by atoms with Crippen LogP contribution in [-0.4, -0.2) is 15.4 Å². The van der Waals surface area contributed by atoms with Crippen molar-refractivity contribution in [2.75, 3.05) is 0 Å². The molecular formula is C12H14N4. The molecule has 82 valence electrons. The molecular weight excluding hydrogens is 200 g/mol. The number of imidazole rings is 1. The molecule has 0 saturated carbocycles. The molecule has 0 radical (unpaired) electrons. The lowest BCUT2D eigenvalue weighted by Crippen LogP contribution is -2.12. The molecule has 0 saturated heterocycles. The highest BCUT2D eigenvalue weighted by Crippen LogP contribution is 2.10. The van der Waals surface area contributed by atoms with Crippen molar-refractivity contribution in [1.29, 1.82) is 5.41 Å². The Kier molecular flexibility index (Phi) is 2.72. The van der Waals surface area contributed by atoms with Gasteiger partial charge in [0, 0.05) is 18.3 Å². The van der Waals surface area contributed by atoms with Crippen LogP contribution in [0.1, 0.15) is 11.3 Å². The van der Waals surface area contributed by atoms with Gasteiger partial charge in [-0.25, -0.2) is 4.98 Å². The largest absolute Gasteiger partial charge is 0.387 e. The summed E-state index contributed by atoms with van der Waals surface area (Å²) in [4.78, 5) is 4.20. The van der Waals surface area contributed by atoms with Crippen LogP contribution in [0.5, 0.6) is 0 Å². The molecule has 16 heavy (non-hydrogen) atoms. The quantitative estimate of drug-likeness (QED) is 0.602. The molecule has 0 bridgehead atoms. The van der Waals surface area contributed by atoms with Crippen LogP contribution < -0.4 is 5.73 Å². The minimum absolute atomic E-state index is 0.134. The van der Waals surface area contributed by atoms with E-state index >= 15 is 0 Å². The Morgan fingerprint density at radius 1 is 1.50 bits per heavy atom. The third kappa shape index (κ3) is 2.28. The molecule has 0 amide bonds. The summed E-state index contributed by atoms with van der Waals surface area (Å²) in [6.45, 7) is 2.05. The number of nitrogens with two attached hydrogens (primary N) is 1. The third-order valence-corrected chi connectivity index (χ3v) is 2.31. The Morgan fingerprint density at radius 2 is 2.31 bits per heavy atom. The Balaban J connectivity index is 2.28. The summed E-state index contributed by atoms with van der Waals surface area (Å²) in [6, 6.07) is 8.16. The standard InChI is InChI=1S/C12H14N4/c1-9-3-2-4-11(5-9)16-7-10(15-8-16)6-12(13)14/h2-5,7-8H,6H2,1H3,(H3,13,14). The van der Waals surface area contributed by atoms with Crippen molar-refractivity contribution in [3.05, 3.63) is 48.0 Å². The fraction of sp³-hybridized carbons (Fsp3) is 0.167. The maximum Gasteiger partial charge on any atom is 0.0995 e. The first-order valence-corrected chi connectivity index (χ1v) is 5.08. The Bertz CT molecular complexity index is 513. The van der Waals surface area contributed by atoms with Gasteiger partial charge in [-0.2, -0.15) is 0 Å². The molecule has 2 rings (SSSR count). The lowest BCUT2D eigenvalue weighted by atomic mass is 10.2. The zero-order chi connectivity index (χ0) is 11.5. The number of amidine groups is 1.